The number of anilines is 2. The topological polar surface area (TPSA) is 216 Å². The highest BCUT2D eigenvalue weighted by Gasteiger charge is 2.28. The van der Waals surface area contributed by atoms with E-state index in [1.807, 2.05) is 46.9 Å². The number of rotatable bonds is 21. The van der Waals surface area contributed by atoms with Crippen molar-refractivity contribution in [1.29, 1.82) is 0 Å². The summed E-state index contributed by atoms with van der Waals surface area (Å²) in [4.78, 5) is 28.6. The molecule has 14 nitrogen and oxygen atoms in total. The maximum atomic E-state index is 12.8. The minimum atomic E-state index is -4.74. The number of fused-ring (bicyclic) bond motifs is 4. The zero-order chi connectivity index (χ0) is 65.9. The van der Waals surface area contributed by atoms with Crippen molar-refractivity contribution in [3.8, 4) is 56.4 Å². The van der Waals surface area contributed by atoms with Gasteiger partial charge >= 0.3 is 0 Å². The normalized spacial score (nSPS) is 11.7. The number of unbranched alkanes of at least 4 members (excludes halogenated alkanes) is 4. The molecule has 0 spiro atoms. The molecule has 4 aliphatic rings. The first kappa shape index (κ1) is 70.0. The van der Waals surface area contributed by atoms with E-state index in [0.717, 1.165) is 44.3 Å². The van der Waals surface area contributed by atoms with E-state index in [2.05, 4.69) is 80.5 Å². The largest absolute Gasteiger partial charge is 0.506 e. The lowest BCUT2D eigenvalue weighted by molar-refractivity contribution is 0.474. The first-order valence-electron chi connectivity index (χ1n) is 29.4. The van der Waals surface area contributed by atoms with Crippen LogP contribution in [0, 0.1) is 3.57 Å². The summed E-state index contributed by atoms with van der Waals surface area (Å²) in [5.41, 5.74) is 6.12. The highest BCUT2D eigenvalue weighted by atomic mass is 127. The van der Waals surface area contributed by atoms with Gasteiger partial charge in [-0.3, -0.25) is 18.7 Å². The summed E-state index contributed by atoms with van der Waals surface area (Å²) in [6.07, 6.45) is 15.1. The van der Waals surface area contributed by atoms with E-state index >= 15 is 0 Å². The zero-order valence-corrected chi connectivity index (χ0v) is 57.1. The third kappa shape index (κ3) is 17.2. The van der Waals surface area contributed by atoms with Crippen LogP contribution >= 0.6 is 69.0 Å². The summed E-state index contributed by atoms with van der Waals surface area (Å²) in [7, 11) is -9.33. The average molecular weight is 1460 g/mol. The van der Waals surface area contributed by atoms with Gasteiger partial charge in [0.25, 0.3) is 20.2 Å². The van der Waals surface area contributed by atoms with Crippen LogP contribution < -0.4 is 20.7 Å². The quantitative estimate of drug-likeness (QED) is 0.0228. The van der Waals surface area contributed by atoms with Crippen LogP contribution in [0.4, 0.5) is 11.4 Å². The fourth-order valence-corrected chi connectivity index (χ4v) is 13.1. The summed E-state index contributed by atoms with van der Waals surface area (Å²) < 4.78 is 82.1. The molecule has 21 heteroatoms. The van der Waals surface area contributed by atoms with Gasteiger partial charge in [0.15, 0.2) is 0 Å². The highest BCUT2D eigenvalue weighted by molar-refractivity contribution is 14.1. The van der Waals surface area contributed by atoms with Crippen LogP contribution in [0.25, 0.3) is 85.1 Å². The predicted octanol–water partition coefficient (Wildman–Crippen LogP) is 19.6. The third-order valence-electron chi connectivity index (χ3n) is 15.1. The van der Waals surface area contributed by atoms with Gasteiger partial charge in [0, 0.05) is 110 Å². The molecule has 4 N–H and O–H groups in total. The van der Waals surface area contributed by atoms with Gasteiger partial charge in [0.2, 0.25) is 10.9 Å². The molecule has 0 atom stereocenters. The van der Waals surface area contributed by atoms with Gasteiger partial charge in [-0.15, -0.1) is 0 Å². The van der Waals surface area contributed by atoms with Gasteiger partial charge in [-0.2, -0.15) is 16.8 Å². The lowest BCUT2D eigenvalue weighted by Crippen LogP contribution is -2.25. The second-order valence-corrected chi connectivity index (χ2v) is 27.2. The molecule has 0 aromatic heterocycles. The van der Waals surface area contributed by atoms with Crippen LogP contribution in [-0.2, 0) is 20.2 Å². The molecular formula is C70H67Cl4IN2O12S2. The Morgan fingerprint density at radius 3 is 1.24 bits per heavy atom. The molecule has 10 rings (SSSR count). The minimum Gasteiger partial charge on any atom is -0.506 e. The number of aromatic hydroxyl groups is 2. The number of benzene rings is 8. The van der Waals surface area contributed by atoms with Crippen LogP contribution in [0.15, 0.2) is 168 Å². The maximum Gasteiger partial charge on any atom is 0.295 e. The van der Waals surface area contributed by atoms with Gasteiger partial charge in [-0.05, 0) is 132 Å². The first-order chi connectivity index (χ1) is 43.4. The van der Waals surface area contributed by atoms with Gasteiger partial charge in [-0.1, -0.05) is 167 Å². The molecule has 0 saturated carbocycles. The SMILES string of the molecule is C=Cc1ccc(N(CCCC)CCCC)cc1.CCCCN(CCCC)c1ccc(/C=C/c2ccc(-c3c4cc(Cl)c(=O)cc-4oc4cc(O)c(Cl)cc34)c(S(=O)(=O)O)c2)cc1.O=c1cc2oc3cc(O)c(Cl)cc3c(-c3ccc(I)cc3S(=O)(=O)O)c-2cc1Cl. The third-order valence-corrected chi connectivity index (χ3v) is 18.7. The Hall–Kier alpha value is -6.91. The molecule has 476 valence electrons. The first-order valence-corrected chi connectivity index (χ1v) is 34.9. The molecule has 6 aromatic rings. The van der Waals surface area contributed by atoms with Crippen molar-refractivity contribution in [2.75, 3.05) is 36.0 Å². The number of phenols is 2. The molecule has 2 aliphatic heterocycles. The van der Waals surface area contributed by atoms with E-state index in [1.165, 1.54) is 122 Å². The van der Waals surface area contributed by atoms with Gasteiger partial charge < -0.3 is 28.8 Å². The molecule has 0 bridgehead atoms. The monoisotopic (exact) mass is 1460 g/mol. The van der Waals surface area contributed by atoms with Crippen molar-refractivity contribution in [1.82, 2.24) is 0 Å². The van der Waals surface area contributed by atoms with Crippen molar-refractivity contribution in [2.45, 2.75) is 88.9 Å². The van der Waals surface area contributed by atoms with Crippen molar-refractivity contribution >= 4 is 141 Å². The van der Waals surface area contributed by atoms with Crippen LogP contribution in [0.5, 0.6) is 11.5 Å². The summed E-state index contributed by atoms with van der Waals surface area (Å²) in [5.74, 6) is -0.261. The average Bonchev–Trinajstić information content (AvgIpc) is 0.783. The number of halogens is 5. The molecule has 0 unspecified atom stereocenters. The molecule has 0 radical (unpaired) electrons. The van der Waals surface area contributed by atoms with E-state index in [0.29, 0.717) is 42.2 Å². The van der Waals surface area contributed by atoms with E-state index in [1.54, 1.807) is 24.3 Å². The molecule has 0 fully saturated rings. The Kier molecular flexibility index (Phi) is 23.9. The Morgan fingerprint density at radius 1 is 0.473 bits per heavy atom. The van der Waals surface area contributed by atoms with E-state index < -0.39 is 31.1 Å². The Labute approximate surface area is 563 Å². The summed E-state index contributed by atoms with van der Waals surface area (Å²) in [6.45, 7) is 17.0. The maximum absolute atomic E-state index is 12.8. The van der Waals surface area contributed by atoms with E-state index in [-0.39, 0.29) is 75.2 Å². The summed E-state index contributed by atoms with van der Waals surface area (Å²) in [5, 5.41) is 20.7. The standard InChI is InChI=1S/C35H33Cl2NO6S.C19H9Cl2IO6S.C16H25N/c1-3-5-15-38(16-6-4-2)24-12-9-22(10-13-24)7-8-23-11-14-25(34(17-23)45(41,42)43)35-26-18-28(36)30(39)20-32(26)44-33-21-31(40)29(37)19-27(33)35;20-12-4-10-16(6-14(12)23)28-17-7-15(24)13(21)5-11(17)19(10)9-2-1-8(22)3-18(9)29(25,26)27;1-4-7-13-17(14-8-5-2)16-11-9-15(6-3)10-12-16/h7-14,17-21,39H,3-6,15-16H2,1-2H3,(H,41,42,43);1-7,23H,(H,25,26,27);6,9-12H,3-5,7-8,13-14H2,1-2H3/b8-7+;;. The van der Waals surface area contributed by atoms with Gasteiger partial charge in [-0.25, -0.2) is 0 Å². The molecule has 91 heavy (non-hydrogen) atoms. The number of hydrogen-bond donors (Lipinski definition) is 4. The van der Waals surface area contributed by atoms with Crippen LogP contribution in [0.2, 0.25) is 20.1 Å². The number of phenolic OH excluding ortho intramolecular Hbond substituents is 2. The van der Waals surface area contributed by atoms with E-state index in [9.17, 15) is 45.7 Å². The fourth-order valence-electron chi connectivity index (χ4n) is 10.3. The molecule has 2 heterocycles. The number of hydrogen-bond acceptors (Lipinski definition) is 12. The second-order valence-electron chi connectivity index (χ2n) is 21.6. The van der Waals surface area contributed by atoms with Crippen LogP contribution in [-0.4, -0.2) is 62.3 Å². The Balaban J connectivity index is 0.000000197. The second kappa shape index (κ2) is 31.1. The minimum absolute atomic E-state index is 0.00247. The molecule has 2 aliphatic carbocycles. The lowest BCUT2D eigenvalue weighted by Gasteiger charge is -2.24. The van der Waals surface area contributed by atoms with Gasteiger partial charge in [0.1, 0.15) is 44.0 Å². The Bertz CT molecular complexity index is 4580. The molecule has 0 amide bonds. The molecule has 0 saturated heterocycles. The number of nitrogens with zero attached hydrogens (tertiary/aromatic N) is 2. The smallest absolute Gasteiger partial charge is 0.295 e. The molecular weight excluding hydrogens is 1390 g/mol. The van der Waals surface area contributed by atoms with Crippen molar-refractivity contribution < 1.29 is 45.0 Å². The van der Waals surface area contributed by atoms with Crippen molar-refractivity contribution in [2.24, 2.45) is 0 Å². The fraction of sp³-hybridized carbons (Fsp3) is 0.229. The van der Waals surface area contributed by atoms with Crippen molar-refractivity contribution in [3.05, 3.63) is 201 Å². The van der Waals surface area contributed by atoms with Crippen LogP contribution in [0.1, 0.15) is 95.8 Å². The van der Waals surface area contributed by atoms with Crippen molar-refractivity contribution in [3.63, 3.8) is 0 Å². The predicted molar refractivity (Wildman–Crippen MR) is 381 cm³/mol. The Morgan fingerprint density at radius 2 is 0.846 bits per heavy atom. The zero-order valence-electron chi connectivity index (χ0n) is 50.3. The summed E-state index contributed by atoms with van der Waals surface area (Å²) >= 11 is 26.4. The van der Waals surface area contributed by atoms with E-state index in [4.69, 9.17) is 55.2 Å². The highest BCUT2D eigenvalue weighted by Crippen LogP contribution is 2.47. The lowest BCUT2D eigenvalue weighted by atomic mass is 9.93. The molecule has 6 aromatic carbocycles. The summed E-state index contributed by atoms with van der Waals surface area (Å²) in [6, 6.07) is 36.6. The van der Waals surface area contributed by atoms with Crippen LogP contribution in [0.3, 0.4) is 0 Å². The van der Waals surface area contributed by atoms with Gasteiger partial charge in [0.05, 0.1) is 20.1 Å².